The van der Waals surface area contributed by atoms with Crippen LogP contribution in [-0.2, 0) is 30.3 Å². The van der Waals surface area contributed by atoms with Gasteiger partial charge >= 0.3 is 11.9 Å². The number of amides is 2. The zero-order valence-electron chi connectivity index (χ0n) is 23.0. The maximum Gasteiger partial charge on any atom is 0.329 e. The van der Waals surface area contributed by atoms with Gasteiger partial charge in [-0.1, -0.05) is 33.3 Å². The maximum atomic E-state index is 13.4. The van der Waals surface area contributed by atoms with Gasteiger partial charge in [-0.25, -0.2) is 4.79 Å². The first-order chi connectivity index (χ1) is 18.2. The molecule has 2 aliphatic rings. The normalized spacial score (nSPS) is 25.6. The second-order valence-electron chi connectivity index (χ2n) is 11.4. The average Bonchev–Trinajstić information content (AvgIpc) is 3.43. The number of hydrogen-bond acceptors (Lipinski definition) is 8. The van der Waals surface area contributed by atoms with Gasteiger partial charge in [0.05, 0.1) is 6.42 Å². The third kappa shape index (κ3) is 6.46. The number of aliphatic hydroxyl groups excluding tert-OH is 1. The van der Waals surface area contributed by atoms with Gasteiger partial charge in [-0.3, -0.25) is 14.4 Å². The molecular formula is C28H40N2O9. The Kier molecular flexibility index (Phi) is 9.15. The van der Waals surface area contributed by atoms with Crippen LogP contribution in [0.2, 0.25) is 0 Å². The van der Waals surface area contributed by atoms with Crippen LogP contribution in [0.4, 0.5) is 0 Å². The minimum absolute atomic E-state index is 0.206. The van der Waals surface area contributed by atoms with Crippen LogP contribution in [0.1, 0.15) is 71.8 Å². The Hall–Kier alpha value is -3.34. The number of likely N-dealkylation sites (tertiary alicyclic amines) is 1. The fraction of sp³-hybridized carbons (Fsp3) is 0.643. The van der Waals surface area contributed by atoms with Crippen LogP contribution >= 0.6 is 0 Å². The summed E-state index contributed by atoms with van der Waals surface area (Å²) < 4.78 is 6.06. The topological polar surface area (TPSA) is 174 Å². The van der Waals surface area contributed by atoms with Crippen molar-refractivity contribution in [1.82, 2.24) is 10.2 Å². The van der Waals surface area contributed by atoms with E-state index in [1.807, 2.05) is 6.92 Å². The van der Waals surface area contributed by atoms with Crippen molar-refractivity contribution in [2.24, 2.45) is 11.3 Å². The number of ether oxygens (including phenoxy) is 1. The molecule has 1 aliphatic carbocycles. The molecule has 0 bridgehead atoms. The van der Waals surface area contributed by atoms with Gasteiger partial charge in [0, 0.05) is 18.4 Å². The lowest BCUT2D eigenvalue weighted by Crippen LogP contribution is -2.55. The third-order valence-corrected chi connectivity index (χ3v) is 8.74. The number of hydrogen-bond donors (Lipinski definition) is 5. The summed E-state index contributed by atoms with van der Waals surface area (Å²) in [6.45, 7) is 8.41. The summed E-state index contributed by atoms with van der Waals surface area (Å²) in [5.74, 6) is -3.99. The first-order valence-corrected chi connectivity index (χ1v) is 13.4. The molecule has 0 radical (unpaired) electrons. The Bertz CT molecular complexity index is 1100. The summed E-state index contributed by atoms with van der Waals surface area (Å²) in [6, 6.07) is 1.38. The number of aliphatic carboxylic acids is 1. The van der Waals surface area contributed by atoms with Crippen LogP contribution in [0.15, 0.2) is 18.2 Å². The van der Waals surface area contributed by atoms with E-state index < -0.39 is 59.7 Å². The number of nitrogens with zero attached hydrogens (tertiary/aromatic N) is 1. The van der Waals surface area contributed by atoms with Crippen LogP contribution in [0, 0.1) is 11.3 Å². The van der Waals surface area contributed by atoms with Gasteiger partial charge in [0.25, 0.3) is 0 Å². The van der Waals surface area contributed by atoms with Crippen molar-refractivity contribution in [3.63, 3.8) is 0 Å². The highest BCUT2D eigenvalue weighted by atomic mass is 16.6. The highest BCUT2D eigenvalue weighted by Gasteiger charge is 2.54. The number of aromatic hydroxyl groups is 2. The SMILES string of the molecule is CC[C@@H]1CCC(C)(OC(=O)C2CCCN2C(=O)C(CC(=O)O)NC(=O)C(O)Cc2ccc(O)c(O)c2)C1(C)C. The number of nitrogens with one attached hydrogen (secondary N) is 1. The minimum atomic E-state index is -1.66. The Labute approximate surface area is 228 Å². The van der Waals surface area contributed by atoms with E-state index in [9.17, 15) is 39.6 Å². The number of carbonyl (C=O) groups is 4. The second-order valence-corrected chi connectivity index (χ2v) is 11.4. The first-order valence-electron chi connectivity index (χ1n) is 13.4. The van der Waals surface area contributed by atoms with Gasteiger partial charge in [0.2, 0.25) is 11.8 Å². The Morgan fingerprint density at radius 1 is 1.13 bits per heavy atom. The second kappa shape index (κ2) is 11.8. The molecule has 1 saturated heterocycles. The number of carbonyl (C=O) groups excluding carboxylic acids is 3. The van der Waals surface area contributed by atoms with Crippen LogP contribution in [0.5, 0.6) is 11.5 Å². The van der Waals surface area contributed by atoms with E-state index in [-0.39, 0.29) is 24.1 Å². The summed E-state index contributed by atoms with van der Waals surface area (Å²) in [4.78, 5) is 52.3. The summed E-state index contributed by atoms with van der Waals surface area (Å²) in [5.41, 5.74) is -0.622. The predicted octanol–water partition coefficient (Wildman–Crippen LogP) is 2.10. The summed E-state index contributed by atoms with van der Waals surface area (Å²) >= 11 is 0. The molecule has 39 heavy (non-hydrogen) atoms. The predicted molar refractivity (Wildman–Crippen MR) is 140 cm³/mol. The van der Waals surface area contributed by atoms with Gasteiger partial charge in [0.15, 0.2) is 11.5 Å². The van der Waals surface area contributed by atoms with Crippen LogP contribution in [-0.4, -0.2) is 79.4 Å². The number of phenols is 2. The molecular weight excluding hydrogens is 508 g/mol. The number of esters is 1. The first kappa shape index (κ1) is 30.2. The Morgan fingerprint density at radius 3 is 2.41 bits per heavy atom. The monoisotopic (exact) mass is 548 g/mol. The van der Waals surface area contributed by atoms with E-state index in [0.29, 0.717) is 30.7 Å². The van der Waals surface area contributed by atoms with E-state index in [4.69, 9.17) is 4.74 Å². The van der Waals surface area contributed by atoms with Gasteiger partial charge in [-0.15, -0.1) is 0 Å². The molecule has 1 saturated carbocycles. The molecule has 2 amide bonds. The molecule has 4 unspecified atom stereocenters. The summed E-state index contributed by atoms with van der Waals surface area (Å²) in [5, 5.41) is 41.2. The molecule has 216 valence electrons. The fourth-order valence-electron chi connectivity index (χ4n) is 5.88. The Morgan fingerprint density at radius 2 is 1.82 bits per heavy atom. The number of phenolic OH excluding ortho intramolecular Hbond substituents is 2. The maximum absolute atomic E-state index is 13.4. The third-order valence-electron chi connectivity index (χ3n) is 8.74. The number of rotatable bonds is 10. The largest absolute Gasteiger partial charge is 0.504 e. The van der Waals surface area contributed by atoms with Crippen molar-refractivity contribution >= 4 is 23.8 Å². The van der Waals surface area contributed by atoms with Gasteiger partial charge in [0.1, 0.15) is 23.8 Å². The van der Waals surface area contributed by atoms with Crippen molar-refractivity contribution in [1.29, 1.82) is 0 Å². The van der Waals surface area contributed by atoms with Crippen molar-refractivity contribution in [2.45, 2.75) is 96.4 Å². The standard InChI is InChI=1S/C28H40N2O9/c1-5-17-10-11-28(4,27(17,2)3)39-26(38)19-7-6-12-30(19)25(37)18(15-23(34)35)29-24(36)22(33)14-16-8-9-20(31)21(32)13-16/h8-9,13,17-19,22,31-33H,5-7,10-12,14-15H2,1-4H3,(H,29,36)(H,34,35)/t17-,18?,19?,22?,28?/m1/s1. The number of aliphatic hydroxyl groups is 1. The van der Waals surface area contributed by atoms with Crippen molar-refractivity contribution < 1.29 is 44.3 Å². The minimum Gasteiger partial charge on any atom is -0.504 e. The summed E-state index contributed by atoms with van der Waals surface area (Å²) in [6.07, 6.45) is 0.831. The van der Waals surface area contributed by atoms with E-state index in [2.05, 4.69) is 26.1 Å². The smallest absolute Gasteiger partial charge is 0.329 e. The molecule has 11 heteroatoms. The zero-order chi connectivity index (χ0) is 29.1. The molecule has 1 aliphatic heterocycles. The highest BCUT2D eigenvalue weighted by molar-refractivity contribution is 5.94. The van der Waals surface area contributed by atoms with E-state index in [1.54, 1.807) is 0 Å². The molecule has 1 aromatic rings. The van der Waals surface area contributed by atoms with Crippen molar-refractivity contribution in [3.05, 3.63) is 23.8 Å². The van der Waals surface area contributed by atoms with Crippen molar-refractivity contribution in [3.8, 4) is 11.5 Å². The lowest BCUT2D eigenvalue weighted by Gasteiger charge is -2.42. The van der Waals surface area contributed by atoms with E-state index in [0.717, 1.165) is 12.8 Å². The van der Waals surface area contributed by atoms with Gasteiger partial charge < -0.3 is 35.4 Å². The fourth-order valence-corrected chi connectivity index (χ4v) is 5.88. The molecule has 3 rings (SSSR count). The molecule has 0 aromatic heterocycles. The number of carboxylic acids is 1. The van der Waals surface area contributed by atoms with E-state index >= 15 is 0 Å². The molecule has 0 spiro atoms. The highest BCUT2D eigenvalue weighted by Crippen LogP contribution is 2.53. The lowest BCUT2D eigenvalue weighted by molar-refractivity contribution is -0.176. The molecule has 2 fully saturated rings. The number of benzene rings is 1. The van der Waals surface area contributed by atoms with Gasteiger partial charge in [-0.2, -0.15) is 0 Å². The quantitative estimate of drug-likeness (QED) is 0.217. The average molecular weight is 549 g/mol. The molecule has 11 nitrogen and oxygen atoms in total. The lowest BCUT2D eigenvalue weighted by atomic mass is 9.72. The van der Waals surface area contributed by atoms with Crippen LogP contribution in [0.3, 0.4) is 0 Å². The summed E-state index contributed by atoms with van der Waals surface area (Å²) in [7, 11) is 0. The van der Waals surface area contributed by atoms with Gasteiger partial charge in [-0.05, 0) is 56.2 Å². The number of carboxylic acid groups (broad SMARTS) is 1. The van der Waals surface area contributed by atoms with E-state index in [1.165, 1.54) is 23.1 Å². The Balaban J connectivity index is 1.70. The zero-order valence-corrected chi connectivity index (χ0v) is 23.0. The van der Waals surface area contributed by atoms with Crippen LogP contribution < -0.4 is 5.32 Å². The van der Waals surface area contributed by atoms with Crippen molar-refractivity contribution in [2.75, 3.05) is 6.54 Å². The molecule has 5 atom stereocenters. The molecule has 1 heterocycles. The molecule has 5 N–H and O–H groups in total. The molecule has 1 aromatic carbocycles. The van der Waals surface area contributed by atoms with Crippen LogP contribution in [0.25, 0.3) is 0 Å².